The average Bonchev–Trinajstić information content (AvgIpc) is 3.63. The third kappa shape index (κ3) is 7.62. The van der Waals surface area contributed by atoms with Gasteiger partial charge < -0.3 is 24.8 Å². The van der Waals surface area contributed by atoms with Crippen molar-refractivity contribution >= 4 is 33.1 Å². The second-order valence-electron chi connectivity index (χ2n) is 9.59. The molecule has 11 nitrogen and oxygen atoms in total. The molecule has 0 aromatic carbocycles. The summed E-state index contributed by atoms with van der Waals surface area (Å²) in [5.41, 5.74) is 1.08. The molecular weight excluding hydrogens is 543 g/mol. The third-order valence-corrected chi connectivity index (χ3v) is 8.01. The van der Waals surface area contributed by atoms with Gasteiger partial charge in [-0.2, -0.15) is 13.2 Å². The number of carbonyl (C=O) groups excluding carboxylic acids is 1. The lowest BCUT2D eigenvalue weighted by atomic mass is 9.93. The monoisotopic (exact) mass is 573 g/mol. The number of amides is 1. The summed E-state index contributed by atoms with van der Waals surface area (Å²) in [5, 5.41) is 11.7. The molecule has 214 valence electrons. The van der Waals surface area contributed by atoms with E-state index in [-0.39, 0.29) is 23.1 Å². The van der Waals surface area contributed by atoms with Gasteiger partial charge in [-0.15, -0.1) is 0 Å². The molecule has 1 saturated carbocycles. The van der Waals surface area contributed by atoms with E-state index in [4.69, 9.17) is 14.6 Å². The molecule has 3 heterocycles. The van der Waals surface area contributed by atoms with Gasteiger partial charge in [-0.3, -0.25) is 9.52 Å². The molecule has 39 heavy (non-hydrogen) atoms. The number of carbonyl (C=O) groups is 1. The molecule has 2 fully saturated rings. The minimum Gasteiger partial charge on any atom is -0.491 e. The van der Waals surface area contributed by atoms with Crippen molar-refractivity contribution in [2.75, 3.05) is 54.1 Å². The highest BCUT2D eigenvalue weighted by molar-refractivity contribution is 7.92. The molecule has 3 N–H and O–H groups in total. The molecule has 4 rings (SSSR count). The van der Waals surface area contributed by atoms with Crippen molar-refractivity contribution in [1.82, 2.24) is 9.97 Å². The van der Waals surface area contributed by atoms with Crippen LogP contribution in [0.4, 0.5) is 30.4 Å². The molecule has 2 aromatic rings. The second-order valence-corrected chi connectivity index (χ2v) is 11.4. The first-order valence-electron chi connectivity index (χ1n) is 12.3. The van der Waals surface area contributed by atoms with E-state index < -0.39 is 47.5 Å². The number of sulfonamides is 1. The largest absolute Gasteiger partial charge is 0.491 e. The molecule has 0 atom stereocenters. The zero-order chi connectivity index (χ0) is 28.3. The van der Waals surface area contributed by atoms with E-state index in [2.05, 4.69) is 20.0 Å². The van der Waals surface area contributed by atoms with Crippen LogP contribution in [0.5, 0.6) is 11.6 Å². The molecule has 2 aliphatic rings. The number of rotatable bonds is 11. The zero-order valence-electron chi connectivity index (χ0n) is 21.3. The molecule has 0 unspecified atom stereocenters. The first-order valence-corrected chi connectivity index (χ1v) is 14.0. The zero-order valence-corrected chi connectivity index (χ0v) is 22.1. The predicted molar refractivity (Wildman–Crippen MR) is 137 cm³/mol. The number of aromatic nitrogens is 2. The van der Waals surface area contributed by atoms with Crippen molar-refractivity contribution in [3.63, 3.8) is 0 Å². The van der Waals surface area contributed by atoms with Crippen molar-refractivity contribution in [3.8, 4) is 11.6 Å². The van der Waals surface area contributed by atoms with Crippen LogP contribution in [0, 0.1) is 5.41 Å². The maximum atomic E-state index is 13.1. The number of alkyl halides is 3. The van der Waals surface area contributed by atoms with Gasteiger partial charge in [-0.25, -0.2) is 18.4 Å². The fraction of sp³-hybridized carbons (Fsp3) is 0.542. The number of aliphatic hydroxyl groups excluding tert-OH is 1. The number of nitrogens with one attached hydrogen (secondary N) is 2. The molecule has 0 radical (unpaired) electrons. The van der Waals surface area contributed by atoms with Crippen LogP contribution in [0.1, 0.15) is 42.6 Å². The molecular formula is C24H30F3N5O6S. The predicted octanol–water partition coefficient (Wildman–Crippen LogP) is 3.18. The Morgan fingerprint density at radius 3 is 2.54 bits per heavy atom. The molecule has 1 spiro atoms. The van der Waals surface area contributed by atoms with Crippen LogP contribution in [0.15, 0.2) is 24.4 Å². The average molecular weight is 574 g/mol. The highest BCUT2D eigenvalue weighted by atomic mass is 32.2. The van der Waals surface area contributed by atoms with Crippen LogP contribution in [-0.2, 0) is 10.0 Å². The van der Waals surface area contributed by atoms with E-state index in [0.29, 0.717) is 29.9 Å². The summed E-state index contributed by atoms with van der Waals surface area (Å²) in [6, 6.07) is 4.22. The number of pyridine rings is 2. The van der Waals surface area contributed by atoms with Gasteiger partial charge >= 0.3 is 6.18 Å². The molecule has 1 aliphatic carbocycles. The molecule has 15 heteroatoms. The topological polar surface area (TPSA) is 143 Å². The van der Waals surface area contributed by atoms with Crippen molar-refractivity contribution in [1.29, 1.82) is 0 Å². The SMILES string of the molecule is COc1ccc(C(=O)Nc2cnc(NS(=O)(=O)CCO)cc2N2CCC3(CC2)CC3)nc1OCCC(F)(F)F. The minimum absolute atomic E-state index is 0.0334. The molecule has 0 bridgehead atoms. The highest BCUT2D eigenvalue weighted by Crippen LogP contribution is 2.54. The van der Waals surface area contributed by atoms with Crippen LogP contribution in [-0.4, -0.2) is 74.7 Å². The molecule has 1 saturated heterocycles. The van der Waals surface area contributed by atoms with Crippen molar-refractivity contribution < 1.29 is 41.0 Å². The van der Waals surface area contributed by atoms with E-state index in [0.717, 1.165) is 12.8 Å². The van der Waals surface area contributed by atoms with Gasteiger partial charge in [-0.1, -0.05) is 0 Å². The number of piperidine rings is 1. The Kier molecular flexibility index (Phi) is 8.39. The fourth-order valence-corrected chi connectivity index (χ4v) is 5.12. The number of anilines is 3. The van der Waals surface area contributed by atoms with Crippen molar-refractivity contribution in [3.05, 3.63) is 30.1 Å². The fourth-order valence-electron chi connectivity index (χ4n) is 4.35. The summed E-state index contributed by atoms with van der Waals surface area (Å²) >= 11 is 0. The first-order chi connectivity index (χ1) is 18.4. The lowest BCUT2D eigenvalue weighted by Gasteiger charge is -2.35. The van der Waals surface area contributed by atoms with Crippen LogP contribution < -0.4 is 24.4 Å². The Balaban J connectivity index is 1.56. The van der Waals surface area contributed by atoms with Gasteiger partial charge in [0.2, 0.25) is 10.0 Å². The lowest BCUT2D eigenvalue weighted by Crippen LogP contribution is -2.35. The van der Waals surface area contributed by atoms with Crippen LogP contribution >= 0.6 is 0 Å². The standard InChI is InChI=1S/C24H30F3N5O6S/c1-37-19-3-2-16(30-22(19)38-12-8-24(25,26)27)21(34)29-17-15-28-20(31-39(35,36)13-11-33)14-18(17)32-9-6-23(4-5-23)7-10-32/h2-3,14-15,33H,4-13H2,1H3,(H,28,31)(H,29,34). The third-order valence-electron chi connectivity index (χ3n) is 6.77. The maximum absolute atomic E-state index is 13.1. The van der Waals surface area contributed by atoms with Crippen LogP contribution in [0.3, 0.4) is 0 Å². The van der Waals surface area contributed by atoms with Gasteiger partial charge in [-0.05, 0) is 43.2 Å². The van der Waals surface area contributed by atoms with Gasteiger partial charge in [0.1, 0.15) is 11.5 Å². The van der Waals surface area contributed by atoms with E-state index in [1.807, 2.05) is 4.90 Å². The number of aliphatic hydroxyl groups is 1. The van der Waals surface area contributed by atoms with Crippen LogP contribution in [0.25, 0.3) is 0 Å². The Morgan fingerprint density at radius 2 is 1.92 bits per heavy atom. The van der Waals surface area contributed by atoms with Crippen LogP contribution in [0.2, 0.25) is 0 Å². The van der Waals surface area contributed by atoms with Gasteiger partial charge in [0.05, 0.1) is 50.1 Å². The summed E-state index contributed by atoms with van der Waals surface area (Å²) in [7, 11) is -2.52. The van der Waals surface area contributed by atoms with Gasteiger partial charge in [0, 0.05) is 19.2 Å². The number of ether oxygens (including phenoxy) is 2. The number of halogens is 3. The summed E-state index contributed by atoms with van der Waals surface area (Å²) in [6.45, 7) is 0.152. The Hall–Kier alpha value is -3.33. The second kappa shape index (κ2) is 11.4. The van der Waals surface area contributed by atoms with E-state index >= 15 is 0 Å². The first kappa shape index (κ1) is 28.7. The Morgan fingerprint density at radius 1 is 1.21 bits per heavy atom. The Bertz CT molecular complexity index is 1290. The van der Waals surface area contributed by atoms with E-state index in [1.54, 1.807) is 0 Å². The highest BCUT2D eigenvalue weighted by Gasteiger charge is 2.44. The molecule has 2 aromatic heterocycles. The minimum atomic E-state index is -4.42. The van der Waals surface area contributed by atoms with E-state index in [1.165, 1.54) is 44.3 Å². The Labute approximate surface area is 223 Å². The summed E-state index contributed by atoms with van der Waals surface area (Å²) < 4.78 is 74.4. The summed E-state index contributed by atoms with van der Waals surface area (Å²) in [6.07, 6.45) is -0.00479. The van der Waals surface area contributed by atoms with Crippen molar-refractivity contribution in [2.45, 2.75) is 38.3 Å². The quantitative estimate of drug-likeness (QED) is 0.369. The number of nitrogens with zero attached hydrogens (tertiary/aromatic N) is 3. The molecule has 1 aliphatic heterocycles. The summed E-state index contributed by atoms with van der Waals surface area (Å²) in [4.78, 5) is 23.3. The lowest BCUT2D eigenvalue weighted by molar-refractivity contribution is -0.139. The molecule has 1 amide bonds. The van der Waals surface area contributed by atoms with Gasteiger partial charge in [0.25, 0.3) is 11.8 Å². The maximum Gasteiger partial charge on any atom is 0.392 e. The van der Waals surface area contributed by atoms with E-state index in [9.17, 15) is 26.4 Å². The smallest absolute Gasteiger partial charge is 0.392 e. The number of methoxy groups -OCH3 is 1. The van der Waals surface area contributed by atoms with Gasteiger partial charge in [0.15, 0.2) is 5.75 Å². The number of hydrogen-bond donors (Lipinski definition) is 3. The normalized spacial score (nSPS) is 16.6. The number of hydrogen-bond acceptors (Lipinski definition) is 9. The summed E-state index contributed by atoms with van der Waals surface area (Å²) in [5.74, 6) is -1.33. The van der Waals surface area contributed by atoms with Crippen molar-refractivity contribution in [2.24, 2.45) is 5.41 Å².